The lowest BCUT2D eigenvalue weighted by molar-refractivity contribution is 0.222. The van der Waals surface area contributed by atoms with Crippen LogP contribution < -0.4 is 5.32 Å². The van der Waals surface area contributed by atoms with Crippen LogP contribution >= 0.6 is 15.9 Å². The monoisotopic (exact) mass is 329 g/mol. The van der Waals surface area contributed by atoms with E-state index in [9.17, 15) is 0 Å². The van der Waals surface area contributed by atoms with E-state index in [0.29, 0.717) is 23.4 Å². The van der Waals surface area contributed by atoms with Crippen molar-refractivity contribution in [1.29, 1.82) is 0 Å². The Morgan fingerprint density at radius 3 is 2.32 bits per heavy atom. The minimum Gasteiger partial charge on any atom is -0.312 e. The average molecular weight is 330 g/mol. The van der Waals surface area contributed by atoms with Crippen LogP contribution in [-0.2, 0) is 0 Å². The second-order valence-corrected chi connectivity index (χ2v) is 7.61. The number of nitrogens with one attached hydrogen (secondary N) is 1. The fourth-order valence-electron chi connectivity index (χ4n) is 2.16. The molecule has 0 fully saturated rings. The summed E-state index contributed by atoms with van der Waals surface area (Å²) in [6.07, 6.45) is 3.01. The predicted octanol–water partition coefficient (Wildman–Crippen LogP) is 4.56. The first-order valence-corrected chi connectivity index (χ1v) is 7.88. The Balaban J connectivity index is 3.01. The molecule has 2 atom stereocenters. The summed E-state index contributed by atoms with van der Waals surface area (Å²) in [6.45, 7) is 13.6. The second-order valence-electron chi connectivity index (χ2n) is 6.76. The van der Waals surface area contributed by atoms with E-state index in [1.165, 1.54) is 5.69 Å². The lowest BCUT2D eigenvalue weighted by Crippen LogP contribution is -2.27. The molecule has 110 valence electrons. The largest absolute Gasteiger partial charge is 0.312 e. The molecule has 1 aromatic rings. The molecule has 0 spiro atoms. The quantitative estimate of drug-likeness (QED) is 0.858. The number of hydrogen-bond donors (Lipinski definition) is 1. The van der Waals surface area contributed by atoms with Gasteiger partial charge >= 0.3 is 0 Å². The molecular weight excluding hydrogens is 302 g/mol. The predicted molar refractivity (Wildman–Crippen MR) is 85.3 cm³/mol. The summed E-state index contributed by atoms with van der Waals surface area (Å²) in [7, 11) is 2.03. The second kappa shape index (κ2) is 6.40. The fourth-order valence-corrected chi connectivity index (χ4v) is 2.71. The van der Waals surface area contributed by atoms with E-state index in [1.54, 1.807) is 0 Å². The molecule has 0 aromatic carbocycles. The SMILES string of the molecule is CNC(CC(C)C(C)(C)C)c1c(Br)cnn1C(C)C. The van der Waals surface area contributed by atoms with Crippen LogP contribution in [0.5, 0.6) is 0 Å². The molecule has 3 nitrogen and oxygen atoms in total. The zero-order valence-corrected chi connectivity index (χ0v) is 14.9. The van der Waals surface area contributed by atoms with E-state index in [-0.39, 0.29) is 0 Å². The highest BCUT2D eigenvalue weighted by molar-refractivity contribution is 9.10. The van der Waals surface area contributed by atoms with E-state index in [4.69, 9.17) is 0 Å². The van der Waals surface area contributed by atoms with Crippen molar-refractivity contribution in [3.05, 3.63) is 16.4 Å². The van der Waals surface area contributed by atoms with Crippen LogP contribution in [0.25, 0.3) is 0 Å². The third-order valence-corrected chi connectivity index (χ3v) is 4.63. The van der Waals surface area contributed by atoms with Crippen molar-refractivity contribution in [2.75, 3.05) is 7.05 Å². The van der Waals surface area contributed by atoms with Gasteiger partial charge in [0.25, 0.3) is 0 Å². The van der Waals surface area contributed by atoms with Crippen molar-refractivity contribution in [1.82, 2.24) is 15.1 Å². The highest BCUT2D eigenvalue weighted by atomic mass is 79.9. The smallest absolute Gasteiger partial charge is 0.0698 e. The fraction of sp³-hybridized carbons (Fsp3) is 0.800. The van der Waals surface area contributed by atoms with Crippen molar-refractivity contribution in [2.45, 2.75) is 60.0 Å². The molecule has 0 saturated heterocycles. The van der Waals surface area contributed by atoms with Gasteiger partial charge in [-0.15, -0.1) is 0 Å². The molecule has 0 aliphatic heterocycles. The standard InChI is InChI=1S/C15H28BrN3/c1-10(2)19-14(12(16)9-18-19)13(17-7)8-11(3)15(4,5)6/h9-11,13,17H,8H2,1-7H3. The Labute approximate surface area is 126 Å². The van der Waals surface area contributed by atoms with Crippen molar-refractivity contribution in [3.63, 3.8) is 0 Å². The Kier molecular flexibility index (Phi) is 5.63. The number of hydrogen-bond acceptors (Lipinski definition) is 2. The number of aromatic nitrogens is 2. The van der Waals surface area contributed by atoms with Gasteiger partial charge in [0.05, 0.1) is 22.4 Å². The summed E-state index contributed by atoms with van der Waals surface area (Å²) in [5.41, 5.74) is 1.58. The first kappa shape index (κ1) is 16.7. The molecule has 0 bridgehead atoms. The first-order valence-electron chi connectivity index (χ1n) is 7.08. The molecular formula is C15H28BrN3. The van der Waals surface area contributed by atoms with Crippen LogP contribution in [0.1, 0.15) is 65.7 Å². The maximum atomic E-state index is 4.48. The normalized spacial score (nSPS) is 15.8. The number of halogens is 1. The van der Waals surface area contributed by atoms with Crippen LogP contribution in [0.3, 0.4) is 0 Å². The molecule has 1 N–H and O–H groups in total. The summed E-state index contributed by atoms with van der Waals surface area (Å²) < 4.78 is 3.21. The van der Waals surface area contributed by atoms with Crippen LogP contribution in [0.15, 0.2) is 10.7 Å². The van der Waals surface area contributed by atoms with Crippen LogP contribution in [0.2, 0.25) is 0 Å². The van der Waals surface area contributed by atoms with Gasteiger partial charge in [0.15, 0.2) is 0 Å². The Morgan fingerprint density at radius 1 is 1.32 bits per heavy atom. The van der Waals surface area contributed by atoms with Gasteiger partial charge in [-0.3, -0.25) is 4.68 Å². The van der Waals surface area contributed by atoms with Gasteiger partial charge in [0.1, 0.15) is 0 Å². The third-order valence-electron chi connectivity index (χ3n) is 4.02. The maximum absolute atomic E-state index is 4.48. The van der Waals surface area contributed by atoms with Gasteiger partial charge in [-0.2, -0.15) is 5.10 Å². The zero-order chi connectivity index (χ0) is 14.8. The molecule has 1 rings (SSSR count). The van der Waals surface area contributed by atoms with Crippen molar-refractivity contribution < 1.29 is 0 Å². The first-order chi connectivity index (χ1) is 8.68. The van der Waals surface area contributed by atoms with Crippen LogP contribution in [-0.4, -0.2) is 16.8 Å². The molecule has 0 amide bonds. The van der Waals surface area contributed by atoms with Crippen molar-refractivity contribution >= 4 is 15.9 Å². The van der Waals surface area contributed by atoms with Crippen molar-refractivity contribution in [3.8, 4) is 0 Å². The molecule has 19 heavy (non-hydrogen) atoms. The van der Waals surface area contributed by atoms with Gasteiger partial charge in [-0.1, -0.05) is 27.7 Å². The molecule has 0 saturated carbocycles. The molecule has 0 aliphatic rings. The number of rotatable bonds is 5. The Morgan fingerprint density at radius 2 is 1.89 bits per heavy atom. The minimum absolute atomic E-state index is 0.324. The van der Waals surface area contributed by atoms with E-state index in [2.05, 4.69) is 72.6 Å². The minimum atomic E-state index is 0.324. The van der Waals surface area contributed by atoms with Gasteiger partial charge in [-0.25, -0.2) is 0 Å². The van der Waals surface area contributed by atoms with E-state index in [1.807, 2.05) is 13.2 Å². The molecule has 4 heteroatoms. The Bertz CT molecular complexity index is 404. The van der Waals surface area contributed by atoms with E-state index < -0.39 is 0 Å². The zero-order valence-electron chi connectivity index (χ0n) is 13.3. The Hall–Kier alpha value is -0.350. The number of nitrogens with zero attached hydrogens (tertiary/aromatic N) is 2. The summed E-state index contributed by atoms with van der Waals surface area (Å²) >= 11 is 3.64. The molecule has 0 radical (unpaired) electrons. The topological polar surface area (TPSA) is 29.9 Å². The van der Waals surface area contributed by atoms with Gasteiger partial charge in [0.2, 0.25) is 0 Å². The lowest BCUT2D eigenvalue weighted by atomic mass is 9.78. The third kappa shape index (κ3) is 4.06. The summed E-state index contributed by atoms with van der Waals surface area (Å²) in [4.78, 5) is 0. The molecule has 1 heterocycles. The van der Waals surface area contributed by atoms with E-state index >= 15 is 0 Å². The van der Waals surface area contributed by atoms with Crippen LogP contribution in [0.4, 0.5) is 0 Å². The lowest BCUT2D eigenvalue weighted by Gasteiger charge is -2.31. The summed E-state index contributed by atoms with van der Waals surface area (Å²) in [5, 5.41) is 7.94. The van der Waals surface area contributed by atoms with Gasteiger partial charge < -0.3 is 5.32 Å². The highest BCUT2D eigenvalue weighted by Crippen LogP contribution is 2.35. The molecule has 1 aromatic heterocycles. The maximum Gasteiger partial charge on any atom is 0.0698 e. The van der Waals surface area contributed by atoms with E-state index in [0.717, 1.165) is 10.9 Å². The highest BCUT2D eigenvalue weighted by Gasteiger charge is 2.27. The van der Waals surface area contributed by atoms with Gasteiger partial charge in [0, 0.05) is 6.04 Å². The summed E-state index contributed by atoms with van der Waals surface area (Å²) in [5.74, 6) is 0.632. The van der Waals surface area contributed by atoms with Gasteiger partial charge in [-0.05, 0) is 54.6 Å². The van der Waals surface area contributed by atoms with Crippen molar-refractivity contribution in [2.24, 2.45) is 11.3 Å². The summed E-state index contributed by atoms with van der Waals surface area (Å²) in [6, 6.07) is 0.704. The molecule has 2 unspecified atom stereocenters. The van der Waals surface area contributed by atoms with Crippen LogP contribution in [0, 0.1) is 11.3 Å². The average Bonchev–Trinajstić information content (AvgIpc) is 2.66. The molecule has 0 aliphatic carbocycles.